The first-order valence-corrected chi connectivity index (χ1v) is 6.36. The van der Waals surface area contributed by atoms with Gasteiger partial charge >= 0.3 is 0 Å². The van der Waals surface area contributed by atoms with Crippen molar-refractivity contribution in [3.05, 3.63) is 23.8 Å². The van der Waals surface area contributed by atoms with Crippen molar-refractivity contribution >= 4 is 0 Å². The number of methoxy groups -OCH3 is 2. The van der Waals surface area contributed by atoms with E-state index in [2.05, 4.69) is 12.2 Å². The van der Waals surface area contributed by atoms with Gasteiger partial charge in [-0.3, -0.25) is 0 Å². The highest BCUT2D eigenvalue weighted by Gasteiger charge is 2.25. The van der Waals surface area contributed by atoms with Crippen molar-refractivity contribution in [2.24, 2.45) is 0 Å². The van der Waals surface area contributed by atoms with Crippen molar-refractivity contribution in [3.8, 4) is 11.5 Å². The molecular weight excluding hydrogens is 230 g/mol. The maximum atomic E-state index is 6.07. The summed E-state index contributed by atoms with van der Waals surface area (Å²) < 4.78 is 16.7. The minimum absolute atomic E-state index is 0.0220. The second kappa shape index (κ2) is 6.07. The van der Waals surface area contributed by atoms with Crippen molar-refractivity contribution in [1.82, 2.24) is 5.32 Å². The zero-order valence-electron chi connectivity index (χ0n) is 11.2. The fraction of sp³-hybridized carbons (Fsp3) is 0.571. The molecular formula is C14H21NO3. The summed E-state index contributed by atoms with van der Waals surface area (Å²) in [6.45, 7) is 3.86. The van der Waals surface area contributed by atoms with Gasteiger partial charge in [0.1, 0.15) is 11.5 Å². The normalized spacial score (nSPS) is 23.7. The lowest BCUT2D eigenvalue weighted by Gasteiger charge is -2.31. The third kappa shape index (κ3) is 2.76. The fourth-order valence-electron chi connectivity index (χ4n) is 2.22. The molecule has 0 saturated carbocycles. The van der Waals surface area contributed by atoms with Gasteiger partial charge in [0.25, 0.3) is 0 Å². The number of morpholine rings is 1. The summed E-state index contributed by atoms with van der Waals surface area (Å²) in [7, 11) is 3.35. The van der Waals surface area contributed by atoms with Crippen LogP contribution in [0.15, 0.2) is 18.2 Å². The van der Waals surface area contributed by atoms with Crippen LogP contribution in [0.5, 0.6) is 11.5 Å². The molecule has 1 fully saturated rings. The van der Waals surface area contributed by atoms with E-state index in [1.165, 1.54) is 0 Å². The molecule has 0 aliphatic carbocycles. The molecule has 0 spiro atoms. The zero-order valence-corrected chi connectivity index (χ0v) is 11.2. The van der Waals surface area contributed by atoms with Crippen LogP contribution >= 0.6 is 0 Å². The van der Waals surface area contributed by atoms with Crippen LogP contribution in [-0.2, 0) is 4.74 Å². The van der Waals surface area contributed by atoms with Crippen LogP contribution in [0.25, 0.3) is 0 Å². The molecule has 2 atom stereocenters. The van der Waals surface area contributed by atoms with Gasteiger partial charge in [-0.2, -0.15) is 0 Å². The number of ether oxygens (including phenoxy) is 3. The summed E-state index contributed by atoms with van der Waals surface area (Å²) in [6.07, 6.45) is 1.30. The molecule has 4 nitrogen and oxygen atoms in total. The van der Waals surface area contributed by atoms with Gasteiger partial charge < -0.3 is 19.5 Å². The van der Waals surface area contributed by atoms with Crippen LogP contribution in [-0.4, -0.2) is 33.4 Å². The first-order chi connectivity index (χ1) is 8.78. The van der Waals surface area contributed by atoms with Crippen molar-refractivity contribution in [1.29, 1.82) is 0 Å². The third-order valence-electron chi connectivity index (χ3n) is 3.30. The zero-order chi connectivity index (χ0) is 13.0. The molecule has 1 aliphatic rings. The Balaban J connectivity index is 2.24. The average molecular weight is 251 g/mol. The minimum atomic E-state index is 0.0220. The lowest BCUT2D eigenvalue weighted by atomic mass is 10.1. The molecule has 1 aliphatic heterocycles. The van der Waals surface area contributed by atoms with Crippen LogP contribution < -0.4 is 14.8 Å². The van der Waals surface area contributed by atoms with E-state index in [9.17, 15) is 0 Å². The largest absolute Gasteiger partial charge is 0.497 e. The van der Waals surface area contributed by atoms with Crippen molar-refractivity contribution < 1.29 is 14.2 Å². The predicted molar refractivity (Wildman–Crippen MR) is 70.3 cm³/mol. The highest BCUT2D eigenvalue weighted by atomic mass is 16.5. The highest BCUT2D eigenvalue weighted by molar-refractivity contribution is 5.42. The van der Waals surface area contributed by atoms with Gasteiger partial charge in [0.05, 0.1) is 26.4 Å². The van der Waals surface area contributed by atoms with Gasteiger partial charge in [-0.05, 0) is 24.6 Å². The Kier molecular flexibility index (Phi) is 4.44. The summed E-state index contributed by atoms with van der Waals surface area (Å²) in [4.78, 5) is 0. The fourth-order valence-corrected chi connectivity index (χ4v) is 2.22. The van der Waals surface area contributed by atoms with Crippen molar-refractivity contribution in [2.75, 3.05) is 27.3 Å². The summed E-state index contributed by atoms with van der Waals surface area (Å²) >= 11 is 0. The molecule has 1 saturated heterocycles. The van der Waals surface area contributed by atoms with Crippen LogP contribution in [0.1, 0.15) is 25.0 Å². The monoisotopic (exact) mass is 251 g/mol. The Morgan fingerprint density at radius 3 is 2.78 bits per heavy atom. The van der Waals surface area contributed by atoms with Crippen LogP contribution in [0.4, 0.5) is 0 Å². The van der Waals surface area contributed by atoms with Crippen LogP contribution in [0.2, 0.25) is 0 Å². The first-order valence-electron chi connectivity index (χ1n) is 6.36. The predicted octanol–water partition coefficient (Wildman–Crippen LogP) is 2.14. The maximum absolute atomic E-state index is 6.07. The van der Waals surface area contributed by atoms with Gasteiger partial charge in [0, 0.05) is 18.7 Å². The maximum Gasteiger partial charge on any atom is 0.124 e. The van der Waals surface area contributed by atoms with Crippen LogP contribution in [0, 0.1) is 0 Å². The topological polar surface area (TPSA) is 39.7 Å². The Morgan fingerprint density at radius 1 is 1.28 bits per heavy atom. The molecule has 1 aromatic rings. The molecule has 0 bridgehead atoms. The standard InChI is InChI=1S/C14H21NO3/c1-4-10-8-15-9-14(18-10)12-7-11(16-2)5-6-13(12)17-3/h5-7,10,14-15H,4,8-9H2,1-3H3. The minimum Gasteiger partial charge on any atom is -0.497 e. The molecule has 0 aromatic heterocycles. The van der Waals surface area contributed by atoms with Gasteiger partial charge in [0.2, 0.25) is 0 Å². The molecule has 100 valence electrons. The molecule has 1 heterocycles. The third-order valence-corrected chi connectivity index (χ3v) is 3.30. The van der Waals surface area contributed by atoms with Gasteiger partial charge in [-0.1, -0.05) is 6.92 Å². The van der Waals surface area contributed by atoms with Crippen molar-refractivity contribution in [3.63, 3.8) is 0 Å². The molecule has 0 amide bonds. The van der Waals surface area contributed by atoms with E-state index < -0.39 is 0 Å². The lowest BCUT2D eigenvalue weighted by molar-refractivity contribution is -0.0409. The molecule has 1 N–H and O–H groups in total. The van der Waals surface area contributed by atoms with Crippen molar-refractivity contribution in [2.45, 2.75) is 25.6 Å². The second-order valence-corrected chi connectivity index (χ2v) is 4.42. The average Bonchev–Trinajstić information content (AvgIpc) is 2.46. The van der Waals surface area contributed by atoms with E-state index in [0.717, 1.165) is 36.6 Å². The number of hydrogen-bond donors (Lipinski definition) is 1. The number of hydrogen-bond acceptors (Lipinski definition) is 4. The molecule has 2 unspecified atom stereocenters. The molecule has 18 heavy (non-hydrogen) atoms. The quantitative estimate of drug-likeness (QED) is 0.890. The second-order valence-electron chi connectivity index (χ2n) is 4.42. The summed E-state index contributed by atoms with van der Waals surface area (Å²) in [6, 6.07) is 5.81. The molecule has 4 heteroatoms. The smallest absolute Gasteiger partial charge is 0.124 e. The lowest BCUT2D eigenvalue weighted by Crippen LogP contribution is -2.40. The molecule has 2 rings (SSSR count). The van der Waals surface area contributed by atoms with E-state index in [4.69, 9.17) is 14.2 Å². The van der Waals surface area contributed by atoms with E-state index in [-0.39, 0.29) is 12.2 Å². The number of nitrogens with one attached hydrogen (secondary N) is 1. The summed E-state index contributed by atoms with van der Waals surface area (Å²) in [5, 5.41) is 3.40. The van der Waals surface area contributed by atoms with E-state index >= 15 is 0 Å². The van der Waals surface area contributed by atoms with Crippen LogP contribution in [0.3, 0.4) is 0 Å². The SMILES string of the molecule is CCC1CNCC(c2cc(OC)ccc2OC)O1. The van der Waals surface area contributed by atoms with E-state index in [1.807, 2.05) is 18.2 Å². The first kappa shape index (κ1) is 13.2. The van der Waals surface area contributed by atoms with Gasteiger partial charge in [-0.25, -0.2) is 0 Å². The number of benzene rings is 1. The highest BCUT2D eigenvalue weighted by Crippen LogP contribution is 2.33. The van der Waals surface area contributed by atoms with Gasteiger partial charge in [-0.15, -0.1) is 0 Å². The molecule has 0 radical (unpaired) electrons. The van der Waals surface area contributed by atoms with E-state index in [0.29, 0.717) is 0 Å². The Hall–Kier alpha value is -1.26. The van der Waals surface area contributed by atoms with Gasteiger partial charge in [0.15, 0.2) is 0 Å². The summed E-state index contributed by atoms with van der Waals surface area (Å²) in [5.41, 5.74) is 1.04. The van der Waals surface area contributed by atoms with E-state index in [1.54, 1.807) is 14.2 Å². The summed E-state index contributed by atoms with van der Waals surface area (Å²) in [5.74, 6) is 1.67. The Morgan fingerprint density at radius 2 is 2.11 bits per heavy atom. The molecule has 1 aromatic carbocycles. The Bertz CT molecular complexity index is 395. The number of rotatable bonds is 4. The Labute approximate surface area is 108 Å².